The van der Waals surface area contributed by atoms with Gasteiger partial charge in [0.05, 0.1) is 17.5 Å². The number of nitrogens with zero attached hydrogens (tertiary/aromatic N) is 1. The zero-order valence-electron chi connectivity index (χ0n) is 8.90. The van der Waals surface area contributed by atoms with E-state index in [1.54, 1.807) is 18.3 Å². The van der Waals surface area contributed by atoms with Crippen LogP contribution >= 0.6 is 11.6 Å². The standard InChI is InChI=1S/C13H9ClN2O/c14-6-11(17)5-4-10-8-16-12-3-1-2-9(7-15)13(10)12/h1-5,8,16H,6H2/b5-4+. The third-order valence-electron chi connectivity index (χ3n) is 2.44. The fourth-order valence-corrected chi connectivity index (χ4v) is 1.75. The van der Waals surface area contributed by atoms with Gasteiger partial charge in [0.2, 0.25) is 0 Å². The molecule has 0 fully saturated rings. The van der Waals surface area contributed by atoms with E-state index in [1.165, 1.54) is 6.08 Å². The highest BCUT2D eigenvalue weighted by atomic mass is 35.5. The minimum atomic E-state index is -0.157. The summed E-state index contributed by atoms with van der Waals surface area (Å²) in [5.41, 5.74) is 2.28. The molecule has 17 heavy (non-hydrogen) atoms. The lowest BCUT2D eigenvalue weighted by molar-refractivity contribution is -0.112. The normalized spacial score (nSPS) is 10.8. The van der Waals surface area contributed by atoms with Crippen molar-refractivity contribution < 1.29 is 4.79 Å². The highest BCUT2D eigenvalue weighted by Gasteiger charge is 2.06. The number of rotatable bonds is 3. The van der Waals surface area contributed by atoms with Gasteiger partial charge in [0.15, 0.2) is 5.78 Å². The molecule has 0 atom stereocenters. The van der Waals surface area contributed by atoms with Gasteiger partial charge in [-0.2, -0.15) is 5.26 Å². The molecule has 0 aliphatic carbocycles. The van der Waals surface area contributed by atoms with Crippen molar-refractivity contribution in [3.63, 3.8) is 0 Å². The van der Waals surface area contributed by atoms with Crippen LogP contribution in [0, 0.1) is 11.3 Å². The maximum Gasteiger partial charge on any atom is 0.170 e. The molecule has 0 spiro atoms. The van der Waals surface area contributed by atoms with Gasteiger partial charge in [0.1, 0.15) is 0 Å². The monoisotopic (exact) mass is 244 g/mol. The van der Waals surface area contributed by atoms with Gasteiger partial charge in [-0.05, 0) is 24.3 Å². The Hall–Kier alpha value is -2.05. The van der Waals surface area contributed by atoms with Crippen LogP contribution in [-0.2, 0) is 4.79 Å². The minimum absolute atomic E-state index is 0.0377. The van der Waals surface area contributed by atoms with E-state index in [0.717, 1.165) is 16.5 Å². The summed E-state index contributed by atoms with van der Waals surface area (Å²) in [7, 11) is 0. The molecule has 0 aliphatic rings. The number of nitriles is 1. The fourth-order valence-electron chi connectivity index (χ4n) is 1.66. The Kier molecular flexibility index (Phi) is 3.27. The average molecular weight is 245 g/mol. The van der Waals surface area contributed by atoms with Crippen LogP contribution in [-0.4, -0.2) is 16.6 Å². The predicted octanol–water partition coefficient (Wildman–Crippen LogP) is 2.86. The number of ketones is 1. The molecule has 1 aromatic carbocycles. The van der Waals surface area contributed by atoms with E-state index >= 15 is 0 Å². The largest absolute Gasteiger partial charge is 0.361 e. The average Bonchev–Trinajstić information content (AvgIpc) is 2.79. The molecule has 3 nitrogen and oxygen atoms in total. The van der Waals surface area contributed by atoms with Crippen LogP contribution < -0.4 is 0 Å². The number of fused-ring (bicyclic) bond motifs is 1. The molecule has 0 unspecified atom stereocenters. The summed E-state index contributed by atoms with van der Waals surface area (Å²) in [6.07, 6.45) is 4.86. The van der Waals surface area contributed by atoms with E-state index in [1.807, 2.05) is 12.1 Å². The first-order valence-corrected chi connectivity index (χ1v) is 5.57. The summed E-state index contributed by atoms with van der Waals surface area (Å²) in [5, 5.41) is 9.85. The second kappa shape index (κ2) is 4.86. The van der Waals surface area contributed by atoms with E-state index < -0.39 is 0 Å². The lowest BCUT2D eigenvalue weighted by Crippen LogP contribution is -1.91. The number of halogens is 1. The van der Waals surface area contributed by atoms with Gasteiger partial charge in [-0.25, -0.2) is 0 Å². The Labute approximate surface area is 103 Å². The van der Waals surface area contributed by atoms with Crippen molar-refractivity contribution in [2.45, 2.75) is 0 Å². The topological polar surface area (TPSA) is 56.6 Å². The number of alkyl halides is 1. The fraction of sp³-hybridized carbons (Fsp3) is 0.0769. The quantitative estimate of drug-likeness (QED) is 0.667. The number of hydrogen-bond acceptors (Lipinski definition) is 2. The summed E-state index contributed by atoms with van der Waals surface area (Å²) in [4.78, 5) is 14.2. The van der Waals surface area contributed by atoms with Crippen LogP contribution in [0.25, 0.3) is 17.0 Å². The minimum Gasteiger partial charge on any atom is -0.361 e. The molecule has 1 N–H and O–H groups in total. The third kappa shape index (κ3) is 2.22. The van der Waals surface area contributed by atoms with E-state index in [0.29, 0.717) is 5.56 Å². The number of aromatic amines is 1. The van der Waals surface area contributed by atoms with E-state index in [4.69, 9.17) is 16.9 Å². The van der Waals surface area contributed by atoms with Crippen molar-refractivity contribution in [3.05, 3.63) is 41.6 Å². The smallest absolute Gasteiger partial charge is 0.170 e. The van der Waals surface area contributed by atoms with Crippen molar-refractivity contribution in [3.8, 4) is 6.07 Å². The van der Waals surface area contributed by atoms with Gasteiger partial charge in [0.25, 0.3) is 0 Å². The maximum atomic E-state index is 11.1. The highest BCUT2D eigenvalue weighted by molar-refractivity contribution is 6.29. The molecule has 0 saturated heterocycles. The lowest BCUT2D eigenvalue weighted by atomic mass is 10.1. The number of carbonyl (C=O) groups excluding carboxylic acids is 1. The van der Waals surface area contributed by atoms with Crippen molar-refractivity contribution in [1.82, 2.24) is 4.98 Å². The summed E-state index contributed by atoms with van der Waals surface area (Å²) < 4.78 is 0. The van der Waals surface area contributed by atoms with Crippen molar-refractivity contribution in [1.29, 1.82) is 5.26 Å². The summed E-state index contributed by atoms with van der Waals surface area (Å²) >= 11 is 5.41. The first-order valence-electron chi connectivity index (χ1n) is 5.03. The number of allylic oxidation sites excluding steroid dienone is 1. The summed E-state index contributed by atoms with van der Waals surface area (Å²) in [6.45, 7) is 0. The lowest BCUT2D eigenvalue weighted by Gasteiger charge is -1.94. The zero-order chi connectivity index (χ0) is 12.3. The molecule has 2 aromatic rings. The van der Waals surface area contributed by atoms with Gasteiger partial charge in [-0.3, -0.25) is 4.79 Å². The number of benzene rings is 1. The van der Waals surface area contributed by atoms with Crippen LogP contribution in [0.3, 0.4) is 0 Å². The van der Waals surface area contributed by atoms with E-state index in [9.17, 15) is 4.79 Å². The Morgan fingerprint density at radius 3 is 3.06 bits per heavy atom. The van der Waals surface area contributed by atoms with Crippen LogP contribution in [0.4, 0.5) is 0 Å². The molecule has 1 heterocycles. The highest BCUT2D eigenvalue weighted by Crippen LogP contribution is 2.23. The molecule has 0 aliphatic heterocycles. The van der Waals surface area contributed by atoms with Crippen molar-refractivity contribution >= 4 is 34.4 Å². The Morgan fingerprint density at radius 2 is 2.35 bits per heavy atom. The first-order chi connectivity index (χ1) is 8.26. The molecule has 0 bridgehead atoms. The molecule has 1 aromatic heterocycles. The van der Waals surface area contributed by atoms with Gasteiger partial charge in [-0.15, -0.1) is 11.6 Å². The molecular weight excluding hydrogens is 236 g/mol. The van der Waals surface area contributed by atoms with Gasteiger partial charge >= 0.3 is 0 Å². The second-order valence-electron chi connectivity index (χ2n) is 3.52. The molecule has 2 rings (SSSR count). The van der Waals surface area contributed by atoms with Gasteiger partial charge in [0, 0.05) is 22.7 Å². The van der Waals surface area contributed by atoms with Gasteiger partial charge in [-0.1, -0.05) is 6.07 Å². The molecule has 4 heteroatoms. The van der Waals surface area contributed by atoms with Gasteiger partial charge < -0.3 is 4.98 Å². The molecule has 0 saturated carbocycles. The Morgan fingerprint density at radius 1 is 1.53 bits per heavy atom. The molecule has 84 valence electrons. The third-order valence-corrected chi connectivity index (χ3v) is 2.70. The summed E-state index contributed by atoms with van der Waals surface area (Å²) in [6, 6.07) is 7.58. The molecule has 0 amide bonds. The van der Waals surface area contributed by atoms with Crippen LogP contribution in [0.15, 0.2) is 30.5 Å². The van der Waals surface area contributed by atoms with Crippen LogP contribution in [0.1, 0.15) is 11.1 Å². The Balaban J connectivity index is 2.53. The Bertz CT molecular complexity index is 634. The number of hydrogen-bond donors (Lipinski definition) is 1. The van der Waals surface area contributed by atoms with E-state index in [2.05, 4.69) is 11.1 Å². The first kappa shape index (κ1) is 11.4. The van der Waals surface area contributed by atoms with E-state index in [-0.39, 0.29) is 11.7 Å². The number of aromatic nitrogens is 1. The second-order valence-corrected chi connectivity index (χ2v) is 3.78. The molecular formula is C13H9ClN2O. The number of H-pyrrole nitrogens is 1. The predicted molar refractivity (Wildman–Crippen MR) is 67.8 cm³/mol. The molecule has 0 radical (unpaired) electrons. The SMILES string of the molecule is N#Cc1cccc2[nH]cc(/C=C/C(=O)CCl)c12. The maximum absolute atomic E-state index is 11.1. The summed E-state index contributed by atoms with van der Waals surface area (Å²) in [5.74, 6) is -0.195. The van der Waals surface area contributed by atoms with Crippen LogP contribution in [0.2, 0.25) is 0 Å². The van der Waals surface area contributed by atoms with Crippen molar-refractivity contribution in [2.24, 2.45) is 0 Å². The number of carbonyl (C=O) groups is 1. The zero-order valence-corrected chi connectivity index (χ0v) is 9.66. The van der Waals surface area contributed by atoms with Crippen molar-refractivity contribution in [2.75, 3.05) is 5.88 Å². The van der Waals surface area contributed by atoms with Crippen LogP contribution in [0.5, 0.6) is 0 Å². The number of nitrogens with one attached hydrogen (secondary N) is 1.